The van der Waals surface area contributed by atoms with Crippen LogP contribution in [-0.4, -0.2) is 5.75 Å². The van der Waals surface area contributed by atoms with Crippen molar-refractivity contribution in [1.82, 2.24) is 0 Å². The monoisotopic (exact) mass is 328 g/mol. The first-order valence-corrected chi connectivity index (χ1v) is 7.96. The highest BCUT2D eigenvalue weighted by atomic mass is 79.9. The van der Waals surface area contributed by atoms with Crippen LogP contribution in [0.3, 0.4) is 0 Å². The van der Waals surface area contributed by atoms with E-state index in [2.05, 4.69) is 15.9 Å². The van der Waals surface area contributed by atoms with Gasteiger partial charge in [0.05, 0.1) is 0 Å². The first kappa shape index (κ1) is 14.3. The fourth-order valence-corrected chi connectivity index (χ4v) is 3.11. The number of hydrogen-bond donors (Lipinski definition) is 0. The Hall–Kier alpha value is 0.220. The van der Waals surface area contributed by atoms with Gasteiger partial charge in [-0.1, -0.05) is 60.7 Å². The highest BCUT2D eigenvalue weighted by molar-refractivity contribution is 9.11. The van der Waals surface area contributed by atoms with E-state index in [1.54, 1.807) is 0 Å². The van der Waals surface area contributed by atoms with Crippen LogP contribution in [0.1, 0.15) is 32.1 Å². The normalized spacial score (nSPS) is 25.0. The van der Waals surface area contributed by atoms with Crippen LogP contribution in [0.4, 0.5) is 19.4 Å². The fourth-order valence-electron chi connectivity index (χ4n) is 1.78. The summed E-state index contributed by atoms with van der Waals surface area (Å²) in [6.07, 6.45) is 5.11. The summed E-state index contributed by atoms with van der Waals surface area (Å²) in [6, 6.07) is 0. The molecule has 1 aliphatic carbocycles. The summed E-state index contributed by atoms with van der Waals surface area (Å²) in [5, 5.41) is 0. The molecular weight excluding hydrogens is 315 g/mol. The molecule has 0 amide bonds. The molecule has 0 heterocycles. The summed E-state index contributed by atoms with van der Waals surface area (Å²) in [5.41, 5.74) is 0. The lowest BCUT2D eigenvalue weighted by molar-refractivity contribution is 0.369. The molecule has 0 aromatic heterocycles. The minimum absolute atomic E-state index is 0.0197. The van der Waals surface area contributed by atoms with Gasteiger partial charge in [0.1, 0.15) is 5.75 Å². The summed E-state index contributed by atoms with van der Waals surface area (Å²) < 4.78 is 60.7. The fraction of sp³-hybridized carbons (Fsp3) is 0.778. The van der Waals surface area contributed by atoms with Gasteiger partial charge in [0.2, 0.25) is 0 Å². The third-order valence-corrected chi connectivity index (χ3v) is 4.36. The number of allylic oxidation sites excluding steroid dienone is 1. The zero-order chi connectivity index (χ0) is 12.5. The Morgan fingerprint density at radius 2 is 1.56 bits per heavy atom. The van der Waals surface area contributed by atoms with Crippen molar-refractivity contribution in [3.05, 3.63) is 10.6 Å². The minimum Gasteiger partial charge on any atom is -0.0975 e. The third-order valence-electron chi connectivity index (χ3n) is 2.59. The molecule has 0 spiro atoms. The van der Waals surface area contributed by atoms with Crippen molar-refractivity contribution in [2.24, 2.45) is 5.92 Å². The highest BCUT2D eigenvalue weighted by Crippen LogP contribution is 2.97. The number of halogens is 6. The molecular formula is C9H14BrF5S. The Kier molecular flexibility index (Phi) is 3.45. The van der Waals surface area contributed by atoms with Gasteiger partial charge in [-0.3, -0.25) is 0 Å². The molecule has 16 heavy (non-hydrogen) atoms. The molecule has 0 nitrogen and oxygen atoms in total. The Morgan fingerprint density at radius 3 is 2.00 bits per heavy atom. The van der Waals surface area contributed by atoms with Crippen molar-refractivity contribution < 1.29 is 19.4 Å². The van der Waals surface area contributed by atoms with Crippen molar-refractivity contribution >= 4 is 26.2 Å². The highest BCUT2D eigenvalue weighted by Gasteiger charge is 2.62. The molecule has 1 rings (SSSR count). The second-order valence-corrected chi connectivity index (χ2v) is 7.73. The zero-order valence-corrected chi connectivity index (χ0v) is 11.0. The summed E-state index contributed by atoms with van der Waals surface area (Å²) in [7, 11) is -9.28. The van der Waals surface area contributed by atoms with E-state index in [9.17, 15) is 19.4 Å². The van der Waals surface area contributed by atoms with Crippen LogP contribution in [0, 0.1) is 5.92 Å². The lowest BCUT2D eigenvalue weighted by atomic mass is 9.89. The van der Waals surface area contributed by atoms with Crippen LogP contribution in [0.15, 0.2) is 10.6 Å². The average molecular weight is 329 g/mol. The zero-order valence-electron chi connectivity index (χ0n) is 8.57. The Labute approximate surface area is 100 Å². The molecule has 0 aliphatic heterocycles. The van der Waals surface area contributed by atoms with Crippen LogP contribution in [-0.2, 0) is 0 Å². The molecule has 1 fully saturated rings. The van der Waals surface area contributed by atoms with Crippen LogP contribution in [0.25, 0.3) is 0 Å². The van der Waals surface area contributed by atoms with E-state index in [4.69, 9.17) is 0 Å². The van der Waals surface area contributed by atoms with Gasteiger partial charge in [-0.2, -0.15) is 0 Å². The predicted molar refractivity (Wildman–Crippen MR) is 61.6 cm³/mol. The van der Waals surface area contributed by atoms with Crippen LogP contribution < -0.4 is 0 Å². The van der Waals surface area contributed by atoms with Gasteiger partial charge in [0, 0.05) is 0 Å². The first-order valence-electron chi connectivity index (χ1n) is 5.05. The molecule has 0 aromatic carbocycles. The molecule has 0 radical (unpaired) electrons. The predicted octanol–water partition coefficient (Wildman–Crippen LogP) is 6.14. The average Bonchev–Trinajstić information content (AvgIpc) is 2.13. The summed E-state index contributed by atoms with van der Waals surface area (Å²) >= 11 is 2.99. The van der Waals surface area contributed by atoms with Gasteiger partial charge in [0.15, 0.2) is 0 Å². The van der Waals surface area contributed by atoms with Crippen molar-refractivity contribution in [2.75, 3.05) is 5.75 Å². The lowest BCUT2D eigenvalue weighted by Gasteiger charge is -2.39. The molecule has 7 heteroatoms. The molecule has 0 saturated heterocycles. The maximum absolute atomic E-state index is 12.1. The summed E-state index contributed by atoms with van der Waals surface area (Å²) in [5.74, 6) is -2.12. The Bertz CT molecular complexity index is 287. The van der Waals surface area contributed by atoms with Crippen molar-refractivity contribution in [3.63, 3.8) is 0 Å². The van der Waals surface area contributed by atoms with Gasteiger partial charge in [-0.15, -0.1) is 0 Å². The van der Waals surface area contributed by atoms with E-state index in [1.165, 1.54) is 0 Å². The van der Waals surface area contributed by atoms with Crippen LogP contribution in [0.5, 0.6) is 0 Å². The van der Waals surface area contributed by atoms with Crippen molar-refractivity contribution in [2.45, 2.75) is 32.1 Å². The van der Waals surface area contributed by atoms with Crippen LogP contribution in [0.2, 0.25) is 0 Å². The molecule has 1 aliphatic rings. The van der Waals surface area contributed by atoms with Gasteiger partial charge >= 0.3 is 0 Å². The second-order valence-electron chi connectivity index (χ2n) is 4.22. The third kappa shape index (κ3) is 6.08. The van der Waals surface area contributed by atoms with E-state index < -0.39 is 16.0 Å². The van der Waals surface area contributed by atoms with E-state index in [0.717, 1.165) is 32.1 Å². The SMILES string of the molecule is FS(F)(F)(F)(F)C/C=C(\Br)C1CCCCC1. The summed E-state index contributed by atoms with van der Waals surface area (Å²) in [6.45, 7) is 0. The standard InChI is InChI=1S/C9H14BrF5S/c10-9(8-4-2-1-3-5-8)6-7-16(11,12,13,14)15/h6,8H,1-5,7H2/b9-6-. The summed E-state index contributed by atoms with van der Waals surface area (Å²) in [4.78, 5) is 0. The first-order chi connectivity index (χ1) is 6.97. The molecule has 0 N–H and O–H groups in total. The van der Waals surface area contributed by atoms with Crippen molar-refractivity contribution in [1.29, 1.82) is 0 Å². The lowest BCUT2D eigenvalue weighted by Crippen LogP contribution is -2.11. The van der Waals surface area contributed by atoms with E-state index in [1.807, 2.05) is 0 Å². The molecule has 1 saturated carbocycles. The molecule has 0 unspecified atom stereocenters. The Morgan fingerprint density at radius 1 is 1.06 bits per heavy atom. The van der Waals surface area contributed by atoms with Gasteiger partial charge in [-0.05, 0) is 23.2 Å². The maximum atomic E-state index is 12.1. The minimum atomic E-state index is -9.28. The quantitative estimate of drug-likeness (QED) is 0.545. The number of hydrogen-bond acceptors (Lipinski definition) is 0. The van der Waals surface area contributed by atoms with E-state index in [-0.39, 0.29) is 10.4 Å². The van der Waals surface area contributed by atoms with Gasteiger partial charge < -0.3 is 0 Å². The molecule has 0 bridgehead atoms. The van der Waals surface area contributed by atoms with Gasteiger partial charge in [-0.25, -0.2) is 0 Å². The van der Waals surface area contributed by atoms with E-state index >= 15 is 0 Å². The maximum Gasteiger partial charge on any atom is 0.288 e. The number of rotatable bonds is 3. The molecule has 0 atom stereocenters. The van der Waals surface area contributed by atoms with Crippen LogP contribution >= 0.6 is 26.2 Å². The van der Waals surface area contributed by atoms with Gasteiger partial charge in [0.25, 0.3) is 10.2 Å². The topological polar surface area (TPSA) is 0 Å². The largest absolute Gasteiger partial charge is 0.288 e. The Balaban J connectivity index is 2.64. The molecule has 98 valence electrons. The van der Waals surface area contributed by atoms with Crippen molar-refractivity contribution in [3.8, 4) is 0 Å². The van der Waals surface area contributed by atoms with E-state index in [0.29, 0.717) is 6.08 Å². The second kappa shape index (κ2) is 3.86. The molecule has 0 aromatic rings. The smallest absolute Gasteiger partial charge is 0.0975 e.